The van der Waals surface area contributed by atoms with E-state index in [0.29, 0.717) is 11.8 Å². The standard InChI is InChI=1S/C17H24N2O2/c1-2-11-5-3-4-6-15(11)18-17(21)19-16-13-8-7-12(9-13)14(16)10-20/h3-6,12-14,16,20H,2,7-10H2,1H3,(H2,18,19,21). The van der Waals surface area contributed by atoms with Gasteiger partial charge in [-0.3, -0.25) is 0 Å². The molecule has 21 heavy (non-hydrogen) atoms. The van der Waals surface area contributed by atoms with Crippen LogP contribution < -0.4 is 10.6 Å². The van der Waals surface area contributed by atoms with Crippen LogP contribution in [0.25, 0.3) is 0 Å². The highest BCUT2D eigenvalue weighted by Gasteiger charge is 2.47. The number of anilines is 1. The van der Waals surface area contributed by atoms with Crippen LogP contribution in [-0.2, 0) is 6.42 Å². The van der Waals surface area contributed by atoms with Gasteiger partial charge in [0.15, 0.2) is 0 Å². The molecule has 4 heteroatoms. The molecule has 2 amide bonds. The van der Waals surface area contributed by atoms with Crippen molar-refractivity contribution in [2.45, 2.75) is 38.6 Å². The van der Waals surface area contributed by atoms with Crippen LogP contribution >= 0.6 is 0 Å². The summed E-state index contributed by atoms with van der Waals surface area (Å²) in [5.74, 6) is 1.36. The molecule has 1 aromatic rings. The summed E-state index contributed by atoms with van der Waals surface area (Å²) in [6.45, 7) is 2.26. The highest BCUT2D eigenvalue weighted by atomic mass is 16.3. The van der Waals surface area contributed by atoms with Crippen LogP contribution in [0.4, 0.5) is 10.5 Å². The Morgan fingerprint density at radius 2 is 2.05 bits per heavy atom. The molecule has 114 valence electrons. The number of aliphatic hydroxyl groups is 1. The lowest BCUT2D eigenvalue weighted by atomic mass is 9.85. The Labute approximate surface area is 125 Å². The zero-order chi connectivity index (χ0) is 14.8. The van der Waals surface area contributed by atoms with Gasteiger partial charge in [0.25, 0.3) is 0 Å². The first kappa shape index (κ1) is 14.4. The SMILES string of the molecule is CCc1ccccc1NC(=O)NC1C2CCC(C2)C1CO. The number of carbonyl (C=O) groups is 1. The van der Waals surface area contributed by atoms with Gasteiger partial charge < -0.3 is 15.7 Å². The smallest absolute Gasteiger partial charge is 0.319 e. The van der Waals surface area contributed by atoms with Crippen LogP contribution in [-0.4, -0.2) is 23.8 Å². The maximum absolute atomic E-state index is 12.3. The topological polar surface area (TPSA) is 61.4 Å². The van der Waals surface area contributed by atoms with Crippen LogP contribution in [0.1, 0.15) is 31.7 Å². The zero-order valence-corrected chi connectivity index (χ0v) is 12.5. The summed E-state index contributed by atoms with van der Waals surface area (Å²) in [6, 6.07) is 7.86. The van der Waals surface area contributed by atoms with Crippen LogP contribution in [0, 0.1) is 17.8 Å². The van der Waals surface area contributed by atoms with Gasteiger partial charge in [0.1, 0.15) is 0 Å². The monoisotopic (exact) mass is 288 g/mol. The van der Waals surface area contributed by atoms with Crippen LogP contribution in [0.5, 0.6) is 0 Å². The van der Waals surface area contributed by atoms with Gasteiger partial charge in [0, 0.05) is 24.3 Å². The molecule has 4 atom stereocenters. The van der Waals surface area contributed by atoms with Gasteiger partial charge in [-0.2, -0.15) is 0 Å². The number of amides is 2. The fourth-order valence-corrected chi connectivity index (χ4v) is 4.16. The van der Waals surface area contributed by atoms with Gasteiger partial charge in [-0.15, -0.1) is 0 Å². The van der Waals surface area contributed by atoms with Gasteiger partial charge in [-0.25, -0.2) is 4.79 Å². The van der Waals surface area contributed by atoms with Gasteiger partial charge in [-0.1, -0.05) is 25.1 Å². The number of para-hydroxylation sites is 1. The average Bonchev–Trinajstić information content (AvgIpc) is 3.08. The number of hydrogen-bond donors (Lipinski definition) is 3. The third-order valence-electron chi connectivity index (χ3n) is 5.24. The van der Waals surface area contributed by atoms with E-state index >= 15 is 0 Å². The minimum absolute atomic E-state index is 0.127. The first-order chi connectivity index (χ1) is 10.2. The highest BCUT2D eigenvalue weighted by molar-refractivity contribution is 5.90. The molecule has 1 aromatic carbocycles. The Kier molecular flexibility index (Phi) is 4.15. The van der Waals surface area contributed by atoms with Crippen LogP contribution in [0.15, 0.2) is 24.3 Å². The van der Waals surface area contributed by atoms with Gasteiger partial charge in [-0.05, 0) is 49.1 Å². The third-order valence-corrected chi connectivity index (χ3v) is 5.24. The number of carbonyl (C=O) groups excluding carboxylic acids is 1. The summed E-state index contributed by atoms with van der Waals surface area (Å²) in [7, 11) is 0. The third kappa shape index (κ3) is 2.77. The molecule has 4 unspecified atom stereocenters. The number of fused-ring (bicyclic) bond motifs is 2. The molecule has 3 N–H and O–H groups in total. The highest BCUT2D eigenvalue weighted by Crippen LogP contribution is 2.48. The van der Waals surface area contributed by atoms with Gasteiger partial charge >= 0.3 is 6.03 Å². The molecule has 0 spiro atoms. The van der Waals surface area contributed by atoms with E-state index in [1.807, 2.05) is 24.3 Å². The van der Waals surface area contributed by atoms with E-state index in [0.717, 1.165) is 24.1 Å². The molecule has 0 heterocycles. The van der Waals surface area contributed by atoms with Crippen LogP contribution in [0.2, 0.25) is 0 Å². The van der Waals surface area contributed by atoms with Crippen molar-refractivity contribution >= 4 is 11.7 Å². The number of benzene rings is 1. The maximum atomic E-state index is 12.3. The second kappa shape index (κ2) is 6.06. The first-order valence-corrected chi connectivity index (χ1v) is 7.99. The summed E-state index contributed by atoms with van der Waals surface area (Å²) < 4.78 is 0. The largest absolute Gasteiger partial charge is 0.396 e. The predicted molar refractivity (Wildman–Crippen MR) is 83.2 cm³/mol. The summed E-state index contributed by atoms with van der Waals surface area (Å²) in [4.78, 5) is 12.3. The van der Waals surface area contributed by atoms with E-state index in [9.17, 15) is 9.90 Å². The minimum atomic E-state index is -0.146. The normalized spacial score (nSPS) is 30.4. The number of aliphatic hydroxyl groups excluding tert-OH is 1. The summed E-state index contributed by atoms with van der Waals surface area (Å²) in [5, 5.41) is 15.6. The van der Waals surface area contributed by atoms with Crippen molar-refractivity contribution in [3.05, 3.63) is 29.8 Å². The fraction of sp³-hybridized carbons (Fsp3) is 0.588. The minimum Gasteiger partial charge on any atom is -0.396 e. The molecular weight excluding hydrogens is 264 g/mol. The van der Waals surface area contributed by atoms with Crippen molar-refractivity contribution < 1.29 is 9.90 Å². The Morgan fingerprint density at radius 3 is 2.81 bits per heavy atom. The quantitative estimate of drug-likeness (QED) is 0.798. The van der Waals surface area contributed by atoms with Crippen molar-refractivity contribution in [3.8, 4) is 0 Å². The lowest BCUT2D eigenvalue weighted by Crippen LogP contribution is -2.46. The fourth-order valence-electron chi connectivity index (χ4n) is 4.16. The Hall–Kier alpha value is -1.55. The Balaban J connectivity index is 1.64. The lowest BCUT2D eigenvalue weighted by molar-refractivity contribution is 0.146. The molecule has 2 fully saturated rings. The summed E-state index contributed by atoms with van der Waals surface area (Å²) >= 11 is 0. The second-order valence-corrected chi connectivity index (χ2v) is 6.31. The molecule has 2 aliphatic carbocycles. The van der Waals surface area contributed by atoms with Gasteiger partial charge in [0.05, 0.1) is 0 Å². The molecule has 2 bridgehead atoms. The second-order valence-electron chi connectivity index (χ2n) is 6.31. The number of rotatable bonds is 4. The lowest BCUT2D eigenvalue weighted by Gasteiger charge is -2.30. The Morgan fingerprint density at radius 1 is 1.29 bits per heavy atom. The summed E-state index contributed by atoms with van der Waals surface area (Å²) in [6.07, 6.45) is 4.43. The van der Waals surface area contributed by atoms with E-state index in [2.05, 4.69) is 17.6 Å². The predicted octanol–water partition coefficient (Wildman–Crippen LogP) is 2.78. The first-order valence-electron chi connectivity index (χ1n) is 7.99. The molecule has 0 aromatic heterocycles. The molecule has 4 nitrogen and oxygen atoms in total. The maximum Gasteiger partial charge on any atom is 0.319 e. The van der Waals surface area contributed by atoms with Crippen molar-refractivity contribution in [1.29, 1.82) is 0 Å². The van der Waals surface area contributed by atoms with E-state index in [-0.39, 0.29) is 24.6 Å². The molecule has 0 aliphatic heterocycles. The molecule has 2 aliphatic rings. The molecule has 2 saturated carbocycles. The van der Waals surface area contributed by atoms with E-state index in [4.69, 9.17) is 0 Å². The van der Waals surface area contributed by atoms with E-state index < -0.39 is 0 Å². The van der Waals surface area contributed by atoms with Crippen molar-refractivity contribution in [3.63, 3.8) is 0 Å². The van der Waals surface area contributed by atoms with Crippen molar-refractivity contribution in [1.82, 2.24) is 5.32 Å². The Bertz CT molecular complexity index is 517. The van der Waals surface area contributed by atoms with Crippen molar-refractivity contribution in [2.75, 3.05) is 11.9 Å². The average molecular weight is 288 g/mol. The number of hydrogen-bond acceptors (Lipinski definition) is 2. The van der Waals surface area contributed by atoms with Crippen molar-refractivity contribution in [2.24, 2.45) is 17.8 Å². The zero-order valence-electron chi connectivity index (χ0n) is 12.5. The number of urea groups is 1. The van der Waals surface area contributed by atoms with Gasteiger partial charge in [0.2, 0.25) is 0 Å². The van der Waals surface area contributed by atoms with E-state index in [1.165, 1.54) is 12.8 Å². The van der Waals surface area contributed by atoms with E-state index in [1.54, 1.807) is 0 Å². The molecular formula is C17H24N2O2. The summed E-state index contributed by atoms with van der Waals surface area (Å²) in [5.41, 5.74) is 2.01. The number of aryl methyl sites for hydroxylation is 1. The van der Waals surface area contributed by atoms with Crippen LogP contribution in [0.3, 0.4) is 0 Å². The molecule has 0 radical (unpaired) electrons. The molecule has 3 rings (SSSR count). The molecule has 0 saturated heterocycles. The number of nitrogens with one attached hydrogen (secondary N) is 2.